The molecule has 35 nitrogen and oxygen atoms in total. The Kier molecular flexibility index (Phi) is 50.2. The van der Waals surface area contributed by atoms with Crippen LogP contribution < -0.4 is 42.8 Å². The molecule has 0 bridgehead atoms. The van der Waals surface area contributed by atoms with E-state index in [4.69, 9.17) is 52.1 Å². The van der Waals surface area contributed by atoms with Crippen LogP contribution in [0.2, 0.25) is 0 Å². The molecule has 8 N–H and O–H groups in total. The van der Waals surface area contributed by atoms with E-state index in [9.17, 15) is 57.5 Å². The van der Waals surface area contributed by atoms with E-state index in [2.05, 4.69) is 47.7 Å². The number of thiazole rings is 1. The third-order valence-corrected chi connectivity index (χ3v) is 19.6. The number of nitrogens with zero attached hydrogens (tertiary/aromatic N) is 4. The summed E-state index contributed by atoms with van der Waals surface area (Å²) in [5, 5.41) is 18.4. The average molecular weight is 1630 g/mol. The van der Waals surface area contributed by atoms with Crippen molar-refractivity contribution in [3.8, 4) is 0 Å². The number of nitrogens with one attached hydrogen (secondary N) is 8. The Hall–Kier alpha value is -8.01. The first-order valence-corrected chi connectivity index (χ1v) is 40.0. The maximum absolute atomic E-state index is 14.4. The highest BCUT2D eigenvalue weighted by atomic mass is 32.1. The summed E-state index contributed by atoms with van der Waals surface area (Å²) in [6, 6.07) is 3.53. The van der Waals surface area contributed by atoms with Crippen molar-refractivity contribution in [1.29, 1.82) is 0 Å². The lowest BCUT2D eigenvalue weighted by atomic mass is 9.92. The molecule has 0 saturated heterocycles. The largest absolute Gasteiger partial charge is 0.455 e. The van der Waals surface area contributed by atoms with Crippen molar-refractivity contribution < 1.29 is 110 Å². The fourth-order valence-corrected chi connectivity index (χ4v) is 11.9. The molecule has 0 saturated carbocycles. The molecule has 0 unspecified atom stereocenters. The molecule has 1 aliphatic heterocycles. The van der Waals surface area contributed by atoms with Gasteiger partial charge in [0.2, 0.25) is 41.4 Å². The molecular formula is C78H128N12O23S. The van der Waals surface area contributed by atoms with Crippen LogP contribution in [-0.2, 0) is 111 Å². The van der Waals surface area contributed by atoms with E-state index in [1.165, 1.54) is 26.2 Å². The van der Waals surface area contributed by atoms with Gasteiger partial charge in [0.05, 0.1) is 124 Å². The number of carbonyl (C=O) groups is 12. The Labute approximate surface area is 675 Å². The van der Waals surface area contributed by atoms with Gasteiger partial charge in [0.25, 0.3) is 23.6 Å². The molecule has 0 spiro atoms. The van der Waals surface area contributed by atoms with E-state index in [1.807, 2.05) is 58.0 Å². The first kappa shape index (κ1) is 100. The van der Waals surface area contributed by atoms with Crippen LogP contribution in [0.3, 0.4) is 0 Å². The summed E-state index contributed by atoms with van der Waals surface area (Å²) < 4.78 is 59.9. The van der Waals surface area contributed by atoms with Gasteiger partial charge in [-0.1, -0.05) is 71.4 Å². The first-order valence-electron chi connectivity index (χ1n) is 39.1. The minimum Gasteiger partial charge on any atom is -0.455 e. The van der Waals surface area contributed by atoms with E-state index in [1.54, 1.807) is 58.8 Å². The summed E-state index contributed by atoms with van der Waals surface area (Å²) in [6.07, 6.45) is 3.10. The predicted molar refractivity (Wildman–Crippen MR) is 422 cm³/mol. The number of unbranched alkanes of at least 4 members (excludes halogenated alkanes) is 1. The van der Waals surface area contributed by atoms with Crippen LogP contribution in [0.15, 0.2) is 47.9 Å². The average Bonchev–Trinajstić information content (AvgIpc) is 1.50. The van der Waals surface area contributed by atoms with Crippen molar-refractivity contribution in [2.45, 2.75) is 175 Å². The molecule has 11 amide bonds. The zero-order chi connectivity index (χ0) is 84.4. The van der Waals surface area contributed by atoms with E-state index in [0.29, 0.717) is 130 Å². The molecule has 3 rings (SSSR count). The SMILES string of the molecule is CC[C@H](C)[C@H](NC(=O)C(C)(C)N(C)C)C(=O)N(C)[C@H](C[C@@H](OC(C)=O)c1nc(C(=O)N[C@@H](Cc2ccccc2)C[C@H](C)C(=O)NNC(=O)[C@H](C)NC(=O)[C@H](C)NC(=O)[C@H](CCCCNC(=O)COCCOCCOCCOCCOCCOCCOCCOCCOCCOC)NC(=O)CCCN2C(=O)C=CC2=O)cs1)C(C)C. The maximum Gasteiger partial charge on any atom is 0.303 e. The van der Waals surface area contributed by atoms with Gasteiger partial charge in [0, 0.05) is 82.5 Å². The Balaban J connectivity index is 1.46. The van der Waals surface area contributed by atoms with E-state index < -0.39 is 107 Å². The standard InChI is InChI=1S/C78H128N12O23S/c1-15-54(4)69(85-77(102)78(9,10)88(11)12)76(101)89(13)63(53(2)3)50-64(113-58(8)91)75-84-62(52-114-75)74(100)82-60(49-59-22-17-16-18-23-59)48-55(5)70(96)86-87-72(98)57(7)80-71(97)56(6)81-73(99)61(83-65(92)25-21-29-90-67(94)26-27-68(90)95)24-19-20-28-79-66(93)51-112-47-46-111-45-44-110-43-42-109-41-40-108-39-38-107-37-36-106-35-34-105-33-32-104-31-30-103-14/h16-18,22-23,26-27,52-57,60-61,63-64,69H,15,19-21,24-25,28-51H2,1-14H3,(H,79,93)(H,80,97)(H,81,99)(H,82,100)(H,83,92)(H,85,102)(H,86,96)(H,87,98)/t54-,55-,56-,57-,60+,61-,63+,64+,69-/m0/s1. The van der Waals surface area contributed by atoms with Gasteiger partial charge in [-0.3, -0.25) is 78.2 Å². The van der Waals surface area contributed by atoms with Crippen LogP contribution in [0.25, 0.3) is 0 Å². The van der Waals surface area contributed by atoms with Crippen LogP contribution in [0, 0.1) is 17.8 Å². The minimum absolute atomic E-state index is 0.0142. The van der Waals surface area contributed by atoms with Crippen LogP contribution in [0.4, 0.5) is 0 Å². The van der Waals surface area contributed by atoms with E-state index in [-0.39, 0.29) is 107 Å². The molecule has 9 atom stereocenters. The van der Waals surface area contributed by atoms with Crippen molar-refractivity contribution in [1.82, 2.24) is 62.4 Å². The number of amides is 11. The molecular weight excluding hydrogens is 1500 g/mol. The third-order valence-electron chi connectivity index (χ3n) is 18.6. The predicted octanol–water partition coefficient (Wildman–Crippen LogP) is 2.29. The fraction of sp³-hybridized carbons (Fsp3) is 0.705. The highest BCUT2D eigenvalue weighted by Gasteiger charge is 2.39. The van der Waals surface area contributed by atoms with Gasteiger partial charge >= 0.3 is 5.97 Å². The summed E-state index contributed by atoms with van der Waals surface area (Å²) >= 11 is 1.10. The number of hydrazine groups is 1. The van der Waals surface area contributed by atoms with Crippen molar-refractivity contribution in [2.24, 2.45) is 17.8 Å². The summed E-state index contributed by atoms with van der Waals surface area (Å²) in [7, 11) is 6.86. The van der Waals surface area contributed by atoms with Crippen molar-refractivity contribution in [2.75, 3.05) is 167 Å². The van der Waals surface area contributed by atoms with Gasteiger partial charge in [-0.15, -0.1) is 11.3 Å². The van der Waals surface area contributed by atoms with Gasteiger partial charge in [-0.2, -0.15) is 0 Å². The molecule has 1 aromatic heterocycles. The van der Waals surface area contributed by atoms with Crippen molar-refractivity contribution in [3.63, 3.8) is 0 Å². The number of benzene rings is 1. The Morgan fingerprint density at radius 3 is 1.61 bits per heavy atom. The lowest BCUT2D eigenvalue weighted by Crippen LogP contribution is -2.60. The minimum atomic E-state index is -1.26. The summed E-state index contributed by atoms with van der Waals surface area (Å²) in [6.45, 7) is 24.2. The van der Waals surface area contributed by atoms with E-state index in [0.717, 1.165) is 34.0 Å². The smallest absolute Gasteiger partial charge is 0.303 e. The maximum atomic E-state index is 14.4. The van der Waals surface area contributed by atoms with Crippen LogP contribution in [0.1, 0.15) is 148 Å². The van der Waals surface area contributed by atoms with Gasteiger partial charge < -0.3 is 88.9 Å². The monoisotopic (exact) mass is 1630 g/mol. The van der Waals surface area contributed by atoms with Crippen LogP contribution in [-0.4, -0.2) is 299 Å². The number of likely N-dealkylation sites (N-methyl/N-ethyl adjacent to an activating group) is 2. The molecule has 36 heteroatoms. The summed E-state index contributed by atoms with van der Waals surface area (Å²) in [5.41, 5.74) is 4.67. The first-order chi connectivity index (χ1) is 54.4. The number of esters is 1. The number of hydrogen-bond donors (Lipinski definition) is 8. The second-order valence-corrected chi connectivity index (χ2v) is 29.5. The molecule has 0 radical (unpaired) electrons. The highest BCUT2D eigenvalue weighted by Crippen LogP contribution is 2.31. The quantitative estimate of drug-likeness (QED) is 0.0204. The topological polar surface area (TPSA) is 425 Å². The second-order valence-electron chi connectivity index (χ2n) is 28.6. The zero-order valence-electron chi connectivity index (χ0n) is 69.2. The summed E-state index contributed by atoms with van der Waals surface area (Å²) in [4.78, 5) is 168. The van der Waals surface area contributed by atoms with Gasteiger partial charge in [-0.25, -0.2) is 4.98 Å². The normalized spacial score (nSPS) is 14.6. The molecule has 1 aliphatic rings. The number of ether oxygens (including phenoxy) is 11. The molecule has 0 aliphatic carbocycles. The molecule has 2 heterocycles. The number of imide groups is 1. The Bertz CT molecular complexity index is 3240. The molecule has 114 heavy (non-hydrogen) atoms. The van der Waals surface area contributed by atoms with Crippen molar-refractivity contribution >= 4 is 82.3 Å². The number of carbonyl (C=O) groups excluding carboxylic acids is 12. The molecule has 644 valence electrons. The number of hydrogen-bond acceptors (Lipinski definition) is 26. The fourth-order valence-electron chi connectivity index (χ4n) is 11.0. The number of methoxy groups -OCH3 is 1. The Morgan fingerprint density at radius 1 is 0.588 bits per heavy atom. The van der Waals surface area contributed by atoms with E-state index >= 15 is 0 Å². The zero-order valence-corrected chi connectivity index (χ0v) is 70.0. The van der Waals surface area contributed by atoms with Crippen LogP contribution in [0.5, 0.6) is 0 Å². The molecule has 0 fully saturated rings. The van der Waals surface area contributed by atoms with Crippen LogP contribution >= 0.6 is 11.3 Å². The lowest BCUT2D eigenvalue weighted by Gasteiger charge is -2.38. The second kappa shape index (κ2) is 57.1. The molecule has 2 aromatic rings. The Morgan fingerprint density at radius 2 is 1.10 bits per heavy atom. The third kappa shape index (κ3) is 40.5. The highest BCUT2D eigenvalue weighted by molar-refractivity contribution is 7.09. The van der Waals surface area contributed by atoms with Gasteiger partial charge in [-0.05, 0) is 97.7 Å². The number of rotatable bonds is 63. The van der Waals surface area contributed by atoms with Gasteiger partial charge in [0.1, 0.15) is 41.5 Å². The van der Waals surface area contributed by atoms with Gasteiger partial charge in [0.15, 0.2) is 6.10 Å². The summed E-state index contributed by atoms with van der Waals surface area (Å²) in [5.74, 6) is -7.96. The number of aromatic nitrogens is 1. The lowest BCUT2D eigenvalue weighted by molar-refractivity contribution is -0.149. The van der Waals surface area contributed by atoms with Crippen molar-refractivity contribution in [3.05, 3.63) is 64.1 Å². The molecule has 1 aromatic carbocycles.